The van der Waals surface area contributed by atoms with Gasteiger partial charge in [0.25, 0.3) is 0 Å². The molecule has 1 aliphatic rings. The highest BCUT2D eigenvalue weighted by molar-refractivity contribution is 7.90. The first-order chi connectivity index (χ1) is 17.5. The Hall–Kier alpha value is -3.28. The van der Waals surface area contributed by atoms with Crippen LogP contribution in [0.15, 0.2) is 53.8 Å². The van der Waals surface area contributed by atoms with Crippen molar-refractivity contribution in [2.45, 2.75) is 49.1 Å². The molecule has 0 amide bonds. The fraction of sp³-hybridized carbons (Fsp3) is 0.346. The van der Waals surface area contributed by atoms with Crippen LogP contribution in [-0.4, -0.2) is 51.5 Å². The van der Waals surface area contributed by atoms with E-state index < -0.39 is 38.0 Å². The van der Waals surface area contributed by atoms with Crippen LogP contribution in [0.1, 0.15) is 42.6 Å². The number of rotatable bonds is 5. The van der Waals surface area contributed by atoms with Crippen LogP contribution >= 0.6 is 0 Å². The third-order valence-corrected chi connectivity index (χ3v) is 8.21. The van der Waals surface area contributed by atoms with Crippen molar-refractivity contribution in [2.24, 2.45) is 11.7 Å². The lowest BCUT2D eigenvalue weighted by Crippen LogP contribution is -2.44. The molecule has 11 heteroatoms. The molecule has 0 aliphatic heterocycles. The molecule has 0 radical (unpaired) electrons. The number of benzene rings is 1. The average molecular weight is 528 g/mol. The van der Waals surface area contributed by atoms with Crippen molar-refractivity contribution in [1.82, 2.24) is 19.6 Å². The number of hydrogen-bond acceptors (Lipinski definition) is 7. The molecule has 1 aromatic carbocycles. The molecular formula is C26H27F2N5O3S. The van der Waals surface area contributed by atoms with Gasteiger partial charge in [-0.1, -0.05) is 6.92 Å². The second-order valence-electron chi connectivity index (χ2n) is 9.82. The molecule has 0 unspecified atom stereocenters. The summed E-state index contributed by atoms with van der Waals surface area (Å²) >= 11 is 0. The Balaban J connectivity index is 1.51. The van der Waals surface area contributed by atoms with Crippen LogP contribution in [0.2, 0.25) is 0 Å². The first-order valence-corrected chi connectivity index (χ1v) is 13.8. The molecule has 4 atom stereocenters. The number of halogens is 2. The molecule has 3 aromatic heterocycles. The maximum Gasteiger partial charge on any atom is 0.175 e. The lowest BCUT2D eigenvalue weighted by Gasteiger charge is -2.36. The Bertz CT molecular complexity index is 1560. The van der Waals surface area contributed by atoms with E-state index in [1.807, 2.05) is 13.0 Å². The van der Waals surface area contributed by atoms with Crippen LogP contribution in [0.25, 0.3) is 16.8 Å². The first kappa shape index (κ1) is 25.4. The van der Waals surface area contributed by atoms with Crippen LogP contribution in [0.4, 0.5) is 8.78 Å². The van der Waals surface area contributed by atoms with Gasteiger partial charge in [0, 0.05) is 31.1 Å². The van der Waals surface area contributed by atoms with Gasteiger partial charge in [-0.15, -0.1) is 0 Å². The van der Waals surface area contributed by atoms with E-state index in [1.54, 1.807) is 24.7 Å². The molecule has 37 heavy (non-hydrogen) atoms. The minimum atomic E-state index is -3.78. The Labute approximate surface area is 213 Å². The summed E-state index contributed by atoms with van der Waals surface area (Å²) in [6.45, 7) is 1.99. The van der Waals surface area contributed by atoms with Gasteiger partial charge in [-0.25, -0.2) is 26.7 Å². The zero-order valence-electron chi connectivity index (χ0n) is 20.3. The lowest BCUT2D eigenvalue weighted by molar-refractivity contribution is 0.0519. The normalized spacial score (nSPS) is 22.4. The van der Waals surface area contributed by atoms with E-state index in [1.165, 1.54) is 10.6 Å². The van der Waals surface area contributed by atoms with Crippen molar-refractivity contribution in [3.63, 3.8) is 0 Å². The molecule has 8 nitrogen and oxygen atoms in total. The minimum Gasteiger partial charge on any atom is -0.391 e. The van der Waals surface area contributed by atoms with Crippen LogP contribution < -0.4 is 5.73 Å². The highest BCUT2D eigenvalue weighted by atomic mass is 32.2. The zero-order chi connectivity index (χ0) is 26.5. The molecule has 3 N–H and O–H groups in total. The van der Waals surface area contributed by atoms with Crippen LogP contribution in [-0.2, 0) is 16.3 Å². The fourth-order valence-electron chi connectivity index (χ4n) is 5.18. The van der Waals surface area contributed by atoms with Crippen molar-refractivity contribution in [1.29, 1.82) is 0 Å². The van der Waals surface area contributed by atoms with Gasteiger partial charge in [-0.05, 0) is 66.1 Å². The number of pyridine rings is 1. The minimum absolute atomic E-state index is 0.00859. The van der Waals surface area contributed by atoms with Crippen molar-refractivity contribution in [2.75, 3.05) is 6.26 Å². The molecule has 0 spiro atoms. The second kappa shape index (κ2) is 9.55. The monoisotopic (exact) mass is 527 g/mol. The number of aromatic nitrogens is 4. The molecule has 194 valence electrons. The number of nitrogens with two attached hydrogens (primary N) is 1. The molecule has 0 bridgehead atoms. The molecule has 1 fully saturated rings. The van der Waals surface area contributed by atoms with E-state index in [4.69, 9.17) is 5.73 Å². The maximum absolute atomic E-state index is 14.8. The highest BCUT2D eigenvalue weighted by Crippen LogP contribution is 2.37. The number of aliphatic hydroxyl groups excluding tert-OH is 1. The van der Waals surface area contributed by atoms with Gasteiger partial charge in [-0.2, -0.15) is 5.10 Å². The average Bonchev–Trinajstić information content (AvgIpc) is 3.23. The number of fused-ring (bicyclic) bond motifs is 1. The molecule has 0 saturated heterocycles. The SMILES string of the molecule is C[C@H]1C[C@@H](c2ccncc2Cc2ncc3ccc(-c4c(F)cc(S(C)(=O)=O)cc4F)nn23)C[C@@H](N)[C@H]1O. The van der Waals surface area contributed by atoms with Crippen LogP contribution in [0, 0.1) is 17.6 Å². The van der Waals surface area contributed by atoms with Crippen molar-refractivity contribution in [3.05, 3.63) is 77.5 Å². The topological polar surface area (TPSA) is 123 Å². The fourth-order valence-corrected chi connectivity index (χ4v) is 5.81. The predicted molar refractivity (Wildman–Crippen MR) is 134 cm³/mol. The van der Waals surface area contributed by atoms with E-state index >= 15 is 0 Å². The molecule has 4 aromatic rings. The third kappa shape index (κ3) is 4.86. The summed E-state index contributed by atoms with van der Waals surface area (Å²) in [6.07, 6.45) is 7.28. The van der Waals surface area contributed by atoms with Gasteiger partial charge in [0.2, 0.25) is 0 Å². The Morgan fingerprint density at radius 3 is 2.54 bits per heavy atom. The Kier molecular flexibility index (Phi) is 6.55. The second-order valence-corrected chi connectivity index (χ2v) is 11.8. The zero-order valence-corrected chi connectivity index (χ0v) is 21.2. The van der Waals surface area contributed by atoms with Crippen molar-refractivity contribution in [3.8, 4) is 11.3 Å². The van der Waals surface area contributed by atoms with Gasteiger partial charge in [0.15, 0.2) is 9.84 Å². The van der Waals surface area contributed by atoms with Gasteiger partial charge >= 0.3 is 0 Å². The molecule has 1 aliphatic carbocycles. The summed E-state index contributed by atoms with van der Waals surface area (Å²) in [5.74, 6) is -1.28. The van der Waals surface area contributed by atoms with Crippen LogP contribution in [0.5, 0.6) is 0 Å². The standard InChI is InChI=1S/C26H27F2N5O3S/c1-14-7-15(8-22(29)26(14)34)19-5-6-30-12-16(19)9-24-31-13-17-3-4-23(32-33(17)24)25-20(27)10-18(11-21(25)28)37(2,35)36/h3-6,10-15,22,26,34H,7-9,29H2,1-2H3/t14-,15+,22+,26-/m0/s1. The number of aliphatic hydroxyl groups is 1. The van der Waals surface area contributed by atoms with Gasteiger partial charge in [-0.3, -0.25) is 4.98 Å². The van der Waals surface area contributed by atoms with E-state index in [2.05, 4.69) is 15.1 Å². The predicted octanol–water partition coefficient (Wildman–Crippen LogP) is 3.27. The van der Waals surface area contributed by atoms with E-state index in [0.717, 1.165) is 35.9 Å². The Morgan fingerprint density at radius 2 is 1.86 bits per heavy atom. The highest BCUT2D eigenvalue weighted by Gasteiger charge is 2.33. The van der Waals surface area contributed by atoms with Gasteiger partial charge in [0.1, 0.15) is 17.5 Å². The number of hydrogen-bond donors (Lipinski definition) is 2. The van der Waals surface area contributed by atoms with E-state index in [-0.39, 0.29) is 23.6 Å². The first-order valence-electron chi connectivity index (χ1n) is 11.9. The molecular weight excluding hydrogens is 500 g/mol. The molecule has 5 rings (SSSR count). The third-order valence-electron chi connectivity index (χ3n) is 7.12. The Morgan fingerprint density at radius 1 is 1.14 bits per heavy atom. The smallest absolute Gasteiger partial charge is 0.175 e. The summed E-state index contributed by atoms with van der Waals surface area (Å²) < 4.78 is 54.7. The maximum atomic E-state index is 14.8. The summed E-state index contributed by atoms with van der Waals surface area (Å²) in [5, 5.41) is 14.7. The summed E-state index contributed by atoms with van der Waals surface area (Å²) in [4.78, 5) is 8.33. The quantitative estimate of drug-likeness (QED) is 0.408. The van der Waals surface area contributed by atoms with Gasteiger partial charge in [0.05, 0.1) is 34.0 Å². The summed E-state index contributed by atoms with van der Waals surface area (Å²) in [7, 11) is -3.78. The molecule has 1 saturated carbocycles. The summed E-state index contributed by atoms with van der Waals surface area (Å²) in [5.41, 5.74) is 8.43. The number of nitrogens with zero attached hydrogens (tertiary/aromatic N) is 4. The summed E-state index contributed by atoms with van der Waals surface area (Å²) in [6, 6.07) is 6.35. The molecule has 3 heterocycles. The van der Waals surface area contributed by atoms with Crippen molar-refractivity contribution < 1.29 is 22.3 Å². The number of imidazole rings is 1. The number of sulfone groups is 1. The van der Waals surface area contributed by atoms with Crippen molar-refractivity contribution >= 4 is 15.4 Å². The van der Waals surface area contributed by atoms with Gasteiger partial charge < -0.3 is 10.8 Å². The van der Waals surface area contributed by atoms with E-state index in [9.17, 15) is 22.3 Å². The van der Waals surface area contributed by atoms with E-state index in [0.29, 0.717) is 24.2 Å². The van der Waals surface area contributed by atoms with Crippen LogP contribution in [0.3, 0.4) is 0 Å². The largest absolute Gasteiger partial charge is 0.391 e. The lowest BCUT2D eigenvalue weighted by atomic mass is 9.74.